The number of rotatable bonds is 22. The lowest BCUT2D eigenvalue weighted by Gasteiger charge is -2.25. The molecule has 5 aromatic carbocycles. The topological polar surface area (TPSA) is 159 Å². The van der Waals surface area contributed by atoms with Gasteiger partial charge in [0.1, 0.15) is 19.8 Å². The van der Waals surface area contributed by atoms with E-state index in [2.05, 4.69) is 11.7 Å². The zero-order valence-corrected chi connectivity index (χ0v) is 38.7. The number of hydrogen-bond donors (Lipinski definition) is 0. The van der Waals surface area contributed by atoms with Crippen LogP contribution in [0, 0.1) is 0 Å². The first kappa shape index (κ1) is 47.2. The second-order valence-electron chi connectivity index (χ2n) is 16.2. The van der Waals surface area contributed by atoms with E-state index in [4.69, 9.17) is 42.9 Å². The highest BCUT2D eigenvalue weighted by Crippen LogP contribution is 2.42. The summed E-state index contributed by atoms with van der Waals surface area (Å²) in [7, 11) is 5.99. The summed E-state index contributed by atoms with van der Waals surface area (Å²) in [5.74, 6) is 0.598. The van der Waals surface area contributed by atoms with E-state index < -0.39 is 5.97 Å². The Balaban J connectivity index is 1.06. The van der Waals surface area contributed by atoms with E-state index in [1.807, 2.05) is 77.8 Å². The molecule has 0 N–H and O–H groups in total. The number of carbonyl (C=O) groups excluding carboxylic acids is 3. The van der Waals surface area contributed by atoms with Crippen LogP contribution in [0.3, 0.4) is 0 Å². The average Bonchev–Trinajstić information content (AvgIpc) is 3.94. The molecule has 0 saturated carbocycles. The van der Waals surface area contributed by atoms with Crippen molar-refractivity contribution in [2.45, 2.75) is 32.1 Å². The zero-order valence-electron chi connectivity index (χ0n) is 38.7. The number of carbonyl (C=O) groups is 3. The molecule has 8 rings (SSSR count). The van der Waals surface area contributed by atoms with Gasteiger partial charge in [0.15, 0.2) is 23.0 Å². The summed E-state index contributed by atoms with van der Waals surface area (Å²) >= 11 is 0. The Kier molecular flexibility index (Phi) is 15.3. The van der Waals surface area contributed by atoms with Crippen molar-refractivity contribution in [2.75, 3.05) is 95.8 Å². The number of para-hydroxylation sites is 2. The molecule has 0 spiro atoms. The third-order valence-electron chi connectivity index (χ3n) is 12.0. The Bertz CT molecular complexity index is 2690. The summed E-state index contributed by atoms with van der Waals surface area (Å²) in [6, 6.07) is 27.9. The van der Waals surface area contributed by atoms with E-state index in [9.17, 15) is 14.4 Å². The molecular formula is C52H55N5O11. The summed E-state index contributed by atoms with van der Waals surface area (Å²) in [6.07, 6.45) is 3.23. The molecule has 68 heavy (non-hydrogen) atoms. The average molecular weight is 926 g/mol. The predicted octanol–water partition coefficient (Wildman–Crippen LogP) is 7.34. The van der Waals surface area contributed by atoms with E-state index >= 15 is 0 Å². The lowest BCUT2D eigenvalue weighted by Crippen LogP contribution is -2.37. The van der Waals surface area contributed by atoms with Crippen LogP contribution in [0.15, 0.2) is 101 Å². The van der Waals surface area contributed by atoms with Crippen molar-refractivity contribution < 1.29 is 52.3 Å². The van der Waals surface area contributed by atoms with Crippen LogP contribution in [0.2, 0.25) is 0 Å². The van der Waals surface area contributed by atoms with Crippen LogP contribution in [-0.2, 0) is 49.8 Å². The van der Waals surface area contributed by atoms with Gasteiger partial charge in [-0.15, -0.1) is 0 Å². The number of benzene rings is 5. The highest BCUT2D eigenvalue weighted by atomic mass is 16.5. The molecule has 16 heteroatoms. The number of amides is 2. The lowest BCUT2D eigenvalue weighted by molar-refractivity contribution is -0.139. The number of anilines is 3. The molecule has 16 nitrogen and oxygen atoms in total. The van der Waals surface area contributed by atoms with E-state index in [1.54, 1.807) is 41.2 Å². The predicted molar refractivity (Wildman–Crippen MR) is 259 cm³/mol. The fraction of sp³-hybridized carbons (Fsp3) is 0.327. The fourth-order valence-electron chi connectivity index (χ4n) is 8.58. The Labute approximate surface area is 395 Å². The van der Waals surface area contributed by atoms with Crippen LogP contribution in [0.25, 0.3) is 0 Å². The van der Waals surface area contributed by atoms with Gasteiger partial charge in [0, 0.05) is 62.0 Å². The molecule has 354 valence electrons. The molecule has 5 aromatic rings. The van der Waals surface area contributed by atoms with Crippen molar-refractivity contribution >= 4 is 59.2 Å². The van der Waals surface area contributed by atoms with Crippen LogP contribution in [0.1, 0.15) is 43.0 Å². The number of esters is 1. The Hall–Kier alpha value is -7.27. The first-order valence-corrected chi connectivity index (χ1v) is 22.3. The van der Waals surface area contributed by atoms with Gasteiger partial charge in [-0.3, -0.25) is 29.3 Å². The van der Waals surface area contributed by atoms with Gasteiger partial charge in [0.25, 0.3) is 11.8 Å². The minimum absolute atomic E-state index is 0.0434. The summed E-state index contributed by atoms with van der Waals surface area (Å²) < 4.78 is 46.1. The second kappa shape index (κ2) is 22.0. The fourth-order valence-corrected chi connectivity index (χ4v) is 8.58. The number of fused-ring (bicyclic) bond motifs is 5. The molecule has 0 aromatic heterocycles. The van der Waals surface area contributed by atoms with Crippen LogP contribution in [-0.4, -0.2) is 118 Å². The normalized spacial score (nSPS) is 14.4. The highest BCUT2D eigenvalue weighted by Gasteiger charge is 2.36. The van der Waals surface area contributed by atoms with Crippen LogP contribution in [0.5, 0.6) is 23.0 Å². The number of ether oxygens (including phenoxy) is 8. The SMILES string of the molecule is C=Nc1cc(OCc2cc(COc3cc4c(cc3OC)C(=O)N3c5ccccc5C[C@H]3C=N4)cc(N(CCOCCOCCOC)CC(=O)OC)c2)c(OC)cc1C(=O)N1CCc2ccccc21. The van der Waals surface area contributed by atoms with Crippen molar-refractivity contribution in [2.24, 2.45) is 9.98 Å². The summed E-state index contributed by atoms with van der Waals surface area (Å²) in [4.78, 5) is 55.3. The first-order chi connectivity index (χ1) is 33.2. The lowest BCUT2D eigenvalue weighted by atomic mass is 10.1. The first-order valence-electron chi connectivity index (χ1n) is 22.3. The van der Waals surface area contributed by atoms with Gasteiger partial charge < -0.3 is 47.7 Å². The number of hydrogen-bond acceptors (Lipinski definition) is 14. The van der Waals surface area contributed by atoms with E-state index in [0.717, 1.165) is 40.0 Å². The van der Waals surface area contributed by atoms with Gasteiger partial charge in [0.05, 0.1) is 82.9 Å². The molecule has 0 radical (unpaired) electrons. The Morgan fingerprint density at radius 1 is 0.765 bits per heavy atom. The van der Waals surface area contributed by atoms with Gasteiger partial charge in [-0.2, -0.15) is 0 Å². The largest absolute Gasteiger partial charge is 0.493 e. The molecule has 3 aliphatic rings. The van der Waals surface area contributed by atoms with Gasteiger partial charge in [-0.05, 0) is 77.9 Å². The van der Waals surface area contributed by atoms with Crippen molar-refractivity contribution in [3.63, 3.8) is 0 Å². The minimum Gasteiger partial charge on any atom is -0.493 e. The molecule has 0 saturated heterocycles. The monoisotopic (exact) mass is 925 g/mol. The van der Waals surface area contributed by atoms with Crippen molar-refractivity contribution in [1.29, 1.82) is 0 Å². The number of nitrogens with zero attached hydrogens (tertiary/aromatic N) is 5. The van der Waals surface area contributed by atoms with Crippen LogP contribution in [0.4, 0.5) is 28.4 Å². The third-order valence-corrected chi connectivity index (χ3v) is 12.0. The van der Waals surface area contributed by atoms with Crippen LogP contribution >= 0.6 is 0 Å². The van der Waals surface area contributed by atoms with Gasteiger partial charge in [0.2, 0.25) is 0 Å². The quantitative estimate of drug-likeness (QED) is 0.0387. The molecule has 0 unspecified atom stereocenters. The maximum atomic E-state index is 14.1. The molecule has 0 aliphatic carbocycles. The second-order valence-corrected chi connectivity index (χ2v) is 16.2. The highest BCUT2D eigenvalue weighted by molar-refractivity contribution is 6.15. The third kappa shape index (κ3) is 10.5. The Morgan fingerprint density at radius 3 is 2.13 bits per heavy atom. The van der Waals surface area contributed by atoms with Gasteiger partial charge >= 0.3 is 5.97 Å². The van der Waals surface area contributed by atoms with E-state index in [0.29, 0.717) is 97.1 Å². The van der Waals surface area contributed by atoms with Crippen LogP contribution < -0.4 is 33.6 Å². The molecule has 2 amide bonds. The Morgan fingerprint density at radius 2 is 1.43 bits per heavy atom. The number of methoxy groups -OCH3 is 4. The van der Waals surface area contributed by atoms with E-state index in [-0.39, 0.29) is 44.2 Å². The molecule has 0 fully saturated rings. The van der Waals surface area contributed by atoms with Gasteiger partial charge in [-0.1, -0.05) is 36.4 Å². The van der Waals surface area contributed by atoms with Gasteiger partial charge in [-0.25, -0.2) is 0 Å². The molecule has 3 heterocycles. The summed E-state index contributed by atoms with van der Waals surface area (Å²) in [5.41, 5.74) is 7.59. The summed E-state index contributed by atoms with van der Waals surface area (Å²) in [5, 5.41) is 0. The smallest absolute Gasteiger partial charge is 0.325 e. The standard InChI is InChI=1S/C52H55N5O11/c1-53-42-28-48(46(62-3)26-40(42)51(59)56-15-14-36-10-6-8-12-44(36)56)67-32-34-22-35(24-38(23-34)55(31-50(58)64-5)16-17-65-20-21-66-19-18-61-2)33-68-49-29-43-41(27-47(49)63-4)52(60)57-39(30-54-43)25-37-11-7-9-13-45(37)57/h6-13,22-24,26-30,39H,1,14-21,25,31-33H2,2-5H3/t39-/m0/s1. The molecular weight excluding hydrogens is 871 g/mol. The van der Waals surface area contributed by atoms with Crippen molar-refractivity contribution in [3.8, 4) is 23.0 Å². The van der Waals surface area contributed by atoms with E-state index in [1.165, 1.54) is 21.3 Å². The molecule has 3 aliphatic heterocycles. The maximum Gasteiger partial charge on any atom is 0.325 e. The zero-order chi connectivity index (χ0) is 47.6. The number of aliphatic imine (C=N–C) groups is 2. The maximum absolute atomic E-state index is 14.1. The molecule has 0 bridgehead atoms. The van der Waals surface area contributed by atoms with Crippen molar-refractivity contribution in [3.05, 3.63) is 124 Å². The minimum atomic E-state index is -0.442. The van der Waals surface area contributed by atoms with Crippen molar-refractivity contribution in [1.82, 2.24) is 0 Å². The summed E-state index contributed by atoms with van der Waals surface area (Å²) in [6.45, 7) is 6.65. The molecule has 1 atom stereocenters.